The van der Waals surface area contributed by atoms with E-state index in [1.807, 2.05) is 0 Å². The van der Waals surface area contributed by atoms with E-state index >= 15 is 0 Å². The van der Waals surface area contributed by atoms with Gasteiger partial charge in [0, 0.05) is 13.7 Å². The zero-order valence-corrected chi connectivity index (χ0v) is 4.81. The van der Waals surface area contributed by atoms with Gasteiger partial charge in [-0.05, 0) is 0 Å². The van der Waals surface area contributed by atoms with Gasteiger partial charge in [-0.2, -0.15) is 0 Å². The normalized spacial score (nSPS) is 28.1. The highest BCUT2D eigenvalue weighted by Gasteiger charge is 2.19. The van der Waals surface area contributed by atoms with Crippen molar-refractivity contribution in [2.24, 2.45) is 0 Å². The average Bonchev–Trinajstić information content (AvgIpc) is 2.14. The van der Waals surface area contributed by atoms with Gasteiger partial charge in [0.2, 0.25) is 5.91 Å². The molecule has 1 amide bonds. The topological polar surface area (TPSA) is 38.3 Å². The van der Waals surface area contributed by atoms with Gasteiger partial charge in [-0.15, -0.1) is 0 Å². The van der Waals surface area contributed by atoms with E-state index < -0.39 is 0 Å². The number of hydrogen-bond acceptors (Lipinski definition) is 2. The molecule has 1 heterocycles. The lowest BCUT2D eigenvalue weighted by Gasteiger charge is -2.00. The summed E-state index contributed by atoms with van der Waals surface area (Å²) in [6.45, 7) is 0.676. The molecule has 0 spiro atoms. The molecule has 0 aromatic carbocycles. The fourth-order valence-corrected chi connectivity index (χ4v) is 0.745. The highest BCUT2D eigenvalue weighted by molar-refractivity contribution is 5.78. The molecule has 0 aromatic rings. The Kier molecular flexibility index (Phi) is 1.48. The maximum Gasteiger partial charge on any atom is 0.222 e. The Labute approximate surface area is 48.0 Å². The second-order valence-corrected chi connectivity index (χ2v) is 1.87. The molecular weight excluding hydrogens is 106 g/mol. The summed E-state index contributed by atoms with van der Waals surface area (Å²) in [5.41, 5.74) is 0. The molecule has 1 unspecified atom stereocenters. The fraction of sp³-hybridized carbons (Fsp3) is 0.800. The number of carbonyl (C=O) groups excluding carboxylic acids is 1. The van der Waals surface area contributed by atoms with Crippen molar-refractivity contribution < 1.29 is 9.53 Å². The van der Waals surface area contributed by atoms with Gasteiger partial charge >= 0.3 is 0 Å². The number of amides is 1. The van der Waals surface area contributed by atoms with E-state index in [-0.39, 0.29) is 12.0 Å². The lowest BCUT2D eigenvalue weighted by molar-refractivity contribution is -0.119. The first-order valence-electron chi connectivity index (χ1n) is 2.62. The maximum atomic E-state index is 10.4. The first-order chi connectivity index (χ1) is 3.83. The van der Waals surface area contributed by atoms with E-state index in [0.29, 0.717) is 13.0 Å². The van der Waals surface area contributed by atoms with Gasteiger partial charge in [-0.25, -0.2) is 0 Å². The van der Waals surface area contributed by atoms with Gasteiger partial charge in [0.1, 0.15) is 0 Å². The van der Waals surface area contributed by atoms with Crippen LogP contribution in [0.25, 0.3) is 0 Å². The molecule has 1 atom stereocenters. The van der Waals surface area contributed by atoms with E-state index in [0.717, 1.165) is 0 Å². The van der Waals surface area contributed by atoms with Crippen molar-refractivity contribution in [3.05, 3.63) is 0 Å². The summed E-state index contributed by atoms with van der Waals surface area (Å²) in [5.74, 6) is 0.0943. The van der Waals surface area contributed by atoms with Crippen LogP contribution in [-0.2, 0) is 9.53 Å². The SMILES string of the molecule is COC1CNC(=O)C1. The van der Waals surface area contributed by atoms with E-state index in [1.165, 1.54) is 0 Å². The van der Waals surface area contributed by atoms with Gasteiger partial charge in [-0.1, -0.05) is 0 Å². The molecule has 0 aliphatic carbocycles. The first-order valence-corrected chi connectivity index (χ1v) is 2.62. The van der Waals surface area contributed by atoms with E-state index in [2.05, 4.69) is 5.32 Å². The molecule has 0 aromatic heterocycles. The van der Waals surface area contributed by atoms with Gasteiger partial charge in [0.25, 0.3) is 0 Å². The molecular formula is C5H9NO2. The van der Waals surface area contributed by atoms with Crippen LogP contribution < -0.4 is 5.32 Å². The molecule has 1 N–H and O–H groups in total. The number of carbonyl (C=O) groups is 1. The number of rotatable bonds is 1. The van der Waals surface area contributed by atoms with Crippen LogP contribution in [-0.4, -0.2) is 25.7 Å². The van der Waals surface area contributed by atoms with Crippen molar-refractivity contribution >= 4 is 5.91 Å². The Hall–Kier alpha value is -0.570. The molecule has 0 radical (unpaired) electrons. The highest BCUT2D eigenvalue weighted by atomic mass is 16.5. The third-order valence-corrected chi connectivity index (χ3v) is 1.27. The van der Waals surface area contributed by atoms with E-state index in [1.54, 1.807) is 7.11 Å². The second-order valence-electron chi connectivity index (χ2n) is 1.87. The molecule has 0 bridgehead atoms. The van der Waals surface area contributed by atoms with E-state index in [4.69, 9.17) is 4.74 Å². The van der Waals surface area contributed by atoms with Crippen molar-refractivity contribution in [1.29, 1.82) is 0 Å². The van der Waals surface area contributed by atoms with Crippen molar-refractivity contribution in [3.63, 3.8) is 0 Å². The number of methoxy groups -OCH3 is 1. The quantitative estimate of drug-likeness (QED) is 0.501. The second kappa shape index (κ2) is 2.13. The zero-order chi connectivity index (χ0) is 5.98. The average molecular weight is 115 g/mol. The number of hydrogen-bond donors (Lipinski definition) is 1. The molecule has 1 aliphatic rings. The molecule has 1 saturated heterocycles. The van der Waals surface area contributed by atoms with Crippen molar-refractivity contribution in [1.82, 2.24) is 5.32 Å². The standard InChI is InChI=1S/C5H9NO2/c1-8-4-2-5(7)6-3-4/h4H,2-3H2,1H3,(H,6,7). The third kappa shape index (κ3) is 0.980. The smallest absolute Gasteiger partial charge is 0.222 e. The largest absolute Gasteiger partial charge is 0.379 e. The zero-order valence-electron chi connectivity index (χ0n) is 4.81. The molecule has 3 heteroatoms. The number of ether oxygens (including phenoxy) is 1. The minimum Gasteiger partial charge on any atom is -0.379 e. The summed E-state index contributed by atoms with van der Waals surface area (Å²) in [4.78, 5) is 10.4. The van der Waals surface area contributed by atoms with Crippen molar-refractivity contribution in [2.45, 2.75) is 12.5 Å². The molecule has 1 fully saturated rings. The Morgan fingerprint density at radius 3 is 2.88 bits per heavy atom. The Bertz CT molecular complexity index is 103. The maximum absolute atomic E-state index is 10.4. The van der Waals surface area contributed by atoms with E-state index in [9.17, 15) is 4.79 Å². The van der Waals surface area contributed by atoms with Crippen LogP contribution in [0.2, 0.25) is 0 Å². The predicted octanol–water partition coefficient (Wildman–Crippen LogP) is -0.479. The van der Waals surface area contributed by atoms with Crippen LogP contribution in [0.1, 0.15) is 6.42 Å². The minimum absolute atomic E-state index is 0.0943. The Balaban J connectivity index is 2.32. The van der Waals surface area contributed by atoms with Crippen LogP contribution in [0.15, 0.2) is 0 Å². The van der Waals surface area contributed by atoms with Crippen LogP contribution in [0, 0.1) is 0 Å². The van der Waals surface area contributed by atoms with Crippen LogP contribution in [0.4, 0.5) is 0 Å². The van der Waals surface area contributed by atoms with Gasteiger partial charge in [0.15, 0.2) is 0 Å². The first kappa shape index (κ1) is 5.56. The lowest BCUT2D eigenvalue weighted by Crippen LogP contribution is -2.16. The highest BCUT2D eigenvalue weighted by Crippen LogP contribution is 2.01. The molecule has 1 aliphatic heterocycles. The lowest BCUT2D eigenvalue weighted by atomic mass is 10.3. The van der Waals surface area contributed by atoms with Crippen LogP contribution >= 0.6 is 0 Å². The predicted molar refractivity (Wildman–Crippen MR) is 28.4 cm³/mol. The summed E-state index contributed by atoms with van der Waals surface area (Å²) in [5, 5.41) is 2.66. The molecule has 8 heavy (non-hydrogen) atoms. The van der Waals surface area contributed by atoms with Gasteiger partial charge < -0.3 is 10.1 Å². The van der Waals surface area contributed by atoms with Crippen molar-refractivity contribution in [2.75, 3.05) is 13.7 Å². The minimum atomic E-state index is 0.0943. The summed E-state index contributed by atoms with van der Waals surface area (Å²) >= 11 is 0. The van der Waals surface area contributed by atoms with Gasteiger partial charge in [-0.3, -0.25) is 4.79 Å². The molecule has 46 valence electrons. The number of nitrogens with one attached hydrogen (secondary N) is 1. The molecule has 3 nitrogen and oxygen atoms in total. The summed E-state index contributed by atoms with van der Waals surface area (Å²) in [6.07, 6.45) is 0.638. The summed E-state index contributed by atoms with van der Waals surface area (Å²) < 4.78 is 4.90. The third-order valence-electron chi connectivity index (χ3n) is 1.27. The fourth-order valence-electron chi connectivity index (χ4n) is 0.745. The van der Waals surface area contributed by atoms with Crippen LogP contribution in [0.3, 0.4) is 0 Å². The molecule has 0 saturated carbocycles. The summed E-state index contributed by atoms with van der Waals surface area (Å²) in [6, 6.07) is 0. The van der Waals surface area contributed by atoms with Gasteiger partial charge in [0.05, 0.1) is 12.5 Å². The summed E-state index contributed by atoms with van der Waals surface area (Å²) in [7, 11) is 1.62. The molecule has 1 rings (SSSR count). The Morgan fingerprint density at radius 2 is 2.62 bits per heavy atom. The van der Waals surface area contributed by atoms with Crippen LogP contribution in [0.5, 0.6) is 0 Å². The monoisotopic (exact) mass is 115 g/mol. The Morgan fingerprint density at radius 1 is 1.88 bits per heavy atom. The van der Waals surface area contributed by atoms with Crippen molar-refractivity contribution in [3.8, 4) is 0 Å².